The number of hydrogen-bond acceptors (Lipinski definition) is 5. The molecule has 1 aromatic rings. The highest BCUT2D eigenvalue weighted by Gasteiger charge is 2.14. The first-order valence-electron chi connectivity index (χ1n) is 3.77. The van der Waals surface area contributed by atoms with Gasteiger partial charge < -0.3 is 9.42 Å². The molecular weight excluding hydrogens is 257 g/mol. The van der Waals surface area contributed by atoms with Crippen LogP contribution < -0.4 is 4.52 Å². The number of hydrogen-bond donors (Lipinski definition) is 1. The Kier molecular flexibility index (Phi) is 4.10. The fraction of sp³-hybridized carbons (Fsp3) is 0.143. The van der Waals surface area contributed by atoms with E-state index < -0.39 is 10.6 Å². The van der Waals surface area contributed by atoms with Gasteiger partial charge >= 0.3 is 0 Å². The molecule has 5 nitrogen and oxygen atoms in total. The van der Waals surface area contributed by atoms with E-state index in [0.717, 1.165) is 11.4 Å². The highest BCUT2D eigenvalue weighted by molar-refractivity contribution is 8.67. The van der Waals surface area contributed by atoms with Crippen LogP contribution in [0.1, 0.15) is 0 Å². The molecular formula is C7H8NO4PS2. The van der Waals surface area contributed by atoms with Crippen LogP contribution in [-0.4, -0.2) is 16.1 Å². The molecule has 8 heteroatoms. The molecule has 0 bridgehead atoms. The molecule has 0 saturated carbocycles. The molecule has 0 amide bonds. The monoisotopic (exact) mass is 265 g/mol. The van der Waals surface area contributed by atoms with Gasteiger partial charge in [0.2, 0.25) is 0 Å². The molecule has 15 heavy (non-hydrogen) atoms. The van der Waals surface area contributed by atoms with Crippen molar-refractivity contribution in [2.24, 2.45) is 0 Å². The summed E-state index contributed by atoms with van der Waals surface area (Å²) in [6.45, 7) is 0. The second kappa shape index (κ2) is 4.94. The minimum absolute atomic E-state index is 0.0299. The Bertz CT molecular complexity index is 408. The Morgan fingerprint density at radius 2 is 2.07 bits per heavy atom. The summed E-state index contributed by atoms with van der Waals surface area (Å²) in [4.78, 5) is 19.3. The molecule has 0 radical (unpaired) electrons. The largest absolute Gasteiger partial charge is 0.436 e. The summed E-state index contributed by atoms with van der Waals surface area (Å²) in [5.74, 6) is 0.334. The third-order valence-corrected chi connectivity index (χ3v) is 5.58. The van der Waals surface area contributed by atoms with E-state index in [-0.39, 0.29) is 5.69 Å². The average Bonchev–Trinajstić information content (AvgIpc) is 2.18. The minimum atomic E-state index is -2.85. The maximum atomic E-state index is 10.4. The maximum Gasteiger partial charge on any atom is 0.294 e. The van der Waals surface area contributed by atoms with Crippen molar-refractivity contribution in [2.75, 3.05) is 6.26 Å². The van der Waals surface area contributed by atoms with Crippen LogP contribution in [-0.2, 0) is 11.8 Å². The Morgan fingerprint density at radius 1 is 1.53 bits per heavy atom. The summed E-state index contributed by atoms with van der Waals surface area (Å²) in [5, 5.41) is 10.4. The van der Waals surface area contributed by atoms with Gasteiger partial charge in [0.15, 0.2) is 0 Å². The number of nitro groups is 1. The van der Waals surface area contributed by atoms with Crippen molar-refractivity contribution in [3.63, 3.8) is 0 Å². The van der Waals surface area contributed by atoms with E-state index in [1.165, 1.54) is 24.3 Å². The molecule has 0 aliphatic carbocycles. The molecule has 0 fully saturated rings. The molecule has 1 N–H and O–H groups in total. The average molecular weight is 265 g/mol. The molecule has 1 atom stereocenters. The van der Waals surface area contributed by atoms with Gasteiger partial charge in [0.05, 0.1) is 4.92 Å². The van der Waals surface area contributed by atoms with E-state index in [0.29, 0.717) is 5.75 Å². The van der Waals surface area contributed by atoms with Crippen LogP contribution in [0.3, 0.4) is 0 Å². The topological polar surface area (TPSA) is 72.6 Å². The lowest BCUT2D eigenvalue weighted by Crippen LogP contribution is -1.89. The van der Waals surface area contributed by atoms with Gasteiger partial charge in [-0.3, -0.25) is 10.1 Å². The van der Waals surface area contributed by atoms with Crippen LogP contribution >= 0.6 is 17.1 Å². The van der Waals surface area contributed by atoms with Crippen molar-refractivity contribution < 1.29 is 14.3 Å². The fourth-order valence-corrected chi connectivity index (χ4v) is 2.00. The number of nitro benzene ring substituents is 1. The second-order valence-electron chi connectivity index (χ2n) is 2.49. The predicted molar refractivity (Wildman–Crippen MR) is 63.7 cm³/mol. The van der Waals surface area contributed by atoms with Gasteiger partial charge in [0, 0.05) is 12.1 Å². The van der Waals surface area contributed by atoms with Crippen molar-refractivity contribution >= 4 is 34.6 Å². The van der Waals surface area contributed by atoms with Crippen molar-refractivity contribution in [2.45, 2.75) is 0 Å². The predicted octanol–water partition coefficient (Wildman–Crippen LogP) is 2.55. The van der Waals surface area contributed by atoms with Crippen LogP contribution in [0.2, 0.25) is 0 Å². The summed E-state index contributed by atoms with van der Waals surface area (Å²) in [6.07, 6.45) is 1.65. The van der Waals surface area contributed by atoms with E-state index in [1.807, 2.05) is 0 Å². The first-order valence-corrected chi connectivity index (χ1v) is 8.27. The highest BCUT2D eigenvalue weighted by Crippen LogP contribution is 2.54. The van der Waals surface area contributed by atoms with Gasteiger partial charge in [-0.1, -0.05) is 11.4 Å². The summed E-state index contributed by atoms with van der Waals surface area (Å²) in [7, 11) is 0. The summed E-state index contributed by atoms with van der Waals surface area (Å²) >= 11 is 5.84. The molecule has 0 spiro atoms. The second-order valence-corrected chi connectivity index (χ2v) is 8.74. The van der Waals surface area contributed by atoms with E-state index in [4.69, 9.17) is 16.3 Å². The molecule has 0 heterocycles. The lowest BCUT2D eigenvalue weighted by molar-refractivity contribution is -0.384. The summed E-state index contributed by atoms with van der Waals surface area (Å²) in [6, 6.07) is 5.41. The van der Waals surface area contributed by atoms with Gasteiger partial charge in [0.25, 0.3) is 11.4 Å². The summed E-state index contributed by atoms with van der Waals surface area (Å²) in [5.41, 5.74) is -2.88. The van der Waals surface area contributed by atoms with Crippen molar-refractivity contribution in [1.29, 1.82) is 0 Å². The van der Waals surface area contributed by atoms with E-state index in [1.54, 1.807) is 6.26 Å². The van der Waals surface area contributed by atoms with Crippen molar-refractivity contribution in [3.8, 4) is 5.75 Å². The number of rotatable bonds is 4. The zero-order valence-electron chi connectivity index (χ0n) is 7.69. The lowest BCUT2D eigenvalue weighted by atomic mass is 10.3. The maximum absolute atomic E-state index is 10.4. The Labute approximate surface area is 95.5 Å². The third-order valence-electron chi connectivity index (χ3n) is 1.50. The fourth-order valence-electron chi connectivity index (χ4n) is 0.799. The molecule has 0 aliphatic heterocycles. The first-order chi connectivity index (χ1) is 6.94. The van der Waals surface area contributed by atoms with Crippen LogP contribution in [0.25, 0.3) is 0 Å². The Hall–Kier alpha value is -0.620. The standard InChI is InChI=1S/C7H8NO4PS2/c1-15-13(11,14)12-7-4-2-6(3-5-7)8(9)10/h2-5H,1H3,(H,11,14). The zero-order valence-corrected chi connectivity index (χ0v) is 10.2. The molecule has 0 saturated heterocycles. The molecule has 1 aromatic carbocycles. The van der Waals surface area contributed by atoms with E-state index in [9.17, 15) is 15.0 Å². The van der Waals surface area contributed by atoms with Gasteiger partial charge in [-0.15, -0.1) is 0 Å². The smallest absolute Gasteiger partial charge is 0.294 e. The highest BCUT2D eigenvalue weighted by atomic mass is 32.9. The molecule has 0 aliphatic rings. The van der Waals surface area contributed by atoms with Crippen LogP contribution in [0.15, 0.2) is 24.3 Å². The molecule has 1 rings (SSSR count). The zero-order chi connectivity index (χ0) is 11.5. The number of benzene rings is 1. The minimum Gasteiger partial charge on any atom is -0.436 e. The Balaban J connectivity index is 2.82. The third kappa shape index (κ3) is 3.79. The van der Waals surface area contributed by atoms with Crippen molar-refractivity contribution in [3.05, 3.63) is 34.4 Å². The Morgan fingerprint density at radius 3 is 2.47 bits per heavy atom. The van der Waals surface area contributed by atoms with Crippen LogP contribution in [0.4, 0.5) is 5.69 Å². The van der Waals surface area contributed by atoms with Gasteiger partial charge in [-0.2, -0.15) is 0 Å². The van der Waals surface area contributed by atoms with Crippen molar-refractivity contribution in [1.82, 2.24) is 0 Å². The van der Waals surface area contributed by atoms with Crippen LogP contribution in [0.5, 0.6) is 5.75 Å². The first kappa shape index (κ1) is 12.4. The number of nitrogens with zero attached hydrogens (tertiary/aromatic N) is 1. The SMILES string of the molecule is CSP(O)(=S)Oc1ccc([N+](=O)[O-])cc1. The van der Waals surface area contributed by atoms with Gasteiger partial charge in [-0.25, -0.2) is 0 Å². The molecule has 0 aromatic heterocycles. The quantitative estimate of drug-likeness (QED) is 0.512. The van der Waals surface area contributed by atoms with E-state index in [2.05, 4.69) is 0 Å². The van der Waals surface area contributed by atoms with Gasteiger partial charge in [0.1, 0.15) is 5.75 Å². The molecule has 82 valence electrons. The van der Waals surface area contributed by atoms with Crippen LogP contribution in [0, 0.1) is 10.1 Å². The number of non-ortho nitro benzene ring substituents is 1. The van der Waals surface area contributed by atoms with Gasteiger partial charge in [-0.05, 0) is 30.2 Å². The lowest BCUT2D eigenvalue weighted by Gasteiger charge is -2.13. The molecule has 1 unspecified atom stereocenters. The normalized spacial score (nSPS) is 14.3. The summed E-state index contributed by atoms with van der Waals surface area (Å²) < 4.78 is 5.11. The van der Waals surface area contributed by atoms with E-state index >= 15 is 0 Å².